The average Bonchev–Trinajstić information content (AvgIpc) is 2.40. The van der Waals surface area contributed by atoms with Crippen LogP contribution in [0.25, 0.3) is 17.2 Å². The van der Waals surface area contributed by atoms with Gasteiger partial charge < -0.3 is 0 Å². The van der Waals surface area contributed by atoms with Gasteiger partial charge in [0.25, 0.3) is 0 Å². The second-order valence-electron chi connectivity index (χ2n) is 4.03. The van der Waals surface area contributed by atoms with Gasteiger partial charge in [-0.15, -0.1) is 13.0 Å². The Labute approximate surface area is 104 Å². The molecule has 0 aliphatic rings. The highest BCUT2D eigenvalue weighted by Gasteiger charge is 2.01. The first-order valence-electron chi connectivity index (χ1n) is 6.04. The molecule has 17 heavy (non-hydrogen) atoms. The van der Waals surface area contributed by atoms with Gasteiger partial charge in [0.2, 0.25) is 0 Å². The molecule has 0 fully saturated rings. The van der Waals surface area contributed by atoms with E-state index in [0.717, 1.165) is 6.42 Å². The molecule has 0 amide bonds. The highest BCUT2D eigenvalue weighted by atomic mass is 14.1. The summed E-state index contributed by atoms with van der Waals surface area (Å²) in [6.45, 7) is 4.13. The number of hydrogen-bond donors (Lipinski definition) is 0. The minimum absolute atomic E-state index is 1.06. The van der Waals surface area contributed by atoms with Crippen LogP contribution in [0.4, 0.5) is 0 Å². The van der Waals surface area contributed by atoms with E-state index in [9.17, 15) is 0 Å². The fraction of sp³-hybridized carbons (Fsp3) is 0.176. The van der Waals surface area contributed by atoms with Crippen molar-refractivity contribution in [3.63, 3.8) is 0 Å². The molecular formula is C17H17-. The van der Waals surface area contributed by atoms with Gasteiger partial charge in [0.15, 0.2) is 0 Å². The molecule has 0 heteroatoms. The van der Waals surface area contributed by atoms with Crippen molar-refractivity contribution in [2.75, 3.05) is 0 Å². The summed E-state index contributed by atoms with van der Waals surface area (Å²) in [4.78, 5) is 0. The predicted octanol–water partition coefficient (Wildman–Crippen LogP) is 4.75. The second kappa shape index (κ2) is 5.49. The minimum Gasteiger partial charge on any atom is -0.278 e. The van der Waals surface area contributed by atoms with E-state index in [1.807, 2.05) is 13.0 Å². The lowest BCUT2D eigenvalue weighted by Crippen LogP contribution is -1.89. The topological polar surface area (TPSA) is 0 Å². The van der Waals surface area contributed by atoms with Crippen molar-refractivity contribution >= 4 is 6.08 Å². The molecule has 0 aliphatic carbocycles. The van der Waals surface area contributed by atoms with Gasteiger partial charge in [0.05, 0.1) is 0 Å². The van der Waals surface area contributed by atoms with Crippen molar-refractivity contribution in [3.05, 3.63) is 65.7 Å². The maximum Gasteiger partial charge on any atom is -0.0302 e. The van der Waals surface area contributed by atoms with Crippen LogP contribution < -0.4 is 0 Å². The number of aryl methyl sites for hydroxylation is 1. The monoisotopic (exact) mass is 221 g/mol. The van der Waals surface area contributed by atoms with Gasteiger partial charge in [0, 0.05) is 0 Å². The van der Waals surface area contributed by atoms with Crippen LogP contribution in [0.1, 0.15) is 25.0 Å². The van der Waals surface area contributed by atoms with Gasteiger partial charge in [-0.2, -0.15) is 5.56 Å². The zero-order chi connectivity index (χ0) is 12.1. The van der Waals surface area contributed by atoms with Crippen LogP contribution in [0.5, 0.6) is 0 Å². The van der Waals surface area contributed by atoms with Crippen LogP contribution in [0.15, 0.2) is 48.5 Å². The van der Waals surface area contributed by atoms with Crippen molar-refractivity contribution in [3.8, 4) is 11.1 Å². The van der Waals surface area contributed by atoms with E-state index in [-0.39, 0.29) is 0 Å². The molecule has 0 radical (unpaired) electrons. The summed E-state index contributed by atoms with van der Waals surface area (Å²) in [6.07, 6.45) is 6.21. The Bertz CT molecular complexity index is 521. The van der Waals surface area contributed by atoms with Crippen LogP contribution in [0.3, 0.4) is 0 Å². The van der Waals surface area contributed by atoms with Crippen LogP contribution in [0, 0.1) is 6.08 Å². The lowest BCUT2D eigenvalue weighted by atomic mass is 9.94. The smallest absolute Gasteiger partial charge is 0.0302 e. The zero-order valence-electron chi connectivity index (χ0n) is 10.4. The molecule has 0 spiro atoms. The minimum atomic E-state index is 1.06. The van der Waals surface area contributed by atoms with Gasteiger partial charge in [-0.3, -0.25) is 6.08 Å². The van der Waals surface area contributed by atoms with E-state index in [2.05, 4.69) is 61.5 Å². The van der Waals surface area contributed by atoms with Gasteiger partial charge in [-0.05, 0) is 17.5 Å². The van der Waals surface area contributed by atoms with E-state index in [0.29, 0.717) is 0 Å². The van der Waals surface area contributed by atoms with E-state index in [1.54, 1.807) is 0 Å². The van der Waals surface area contributed by atoms with Gasteiger partial charge >= 0.3 is 0 Å². The van der Waals surface area contributed by atoms with E-state index in [1.165, 1.54) is 22.3 Å². The number of hydrogen-bond acceptors (Lipinski definition) is 0. The molecule has 0 saturated heterocycles. The third kappa shape index (κ3) is 2.47. The summed E-state index contributed by atoms with van der Waals surface area (Å²) < 4.78 is 0. The Morgan fingerprint density at radius 1 is 0.941 bits per heavy atom. The van der Waals surface area contributed by atoms with Crippen molar-refractivity contribution in [2.24, 2.45) is 0 Å². The molecule has 0 aliphatic heterocycles. The Hall–Kier alpha value is -1.82. The van der Waals surface area contributed by atoms with E-state index >= 15 is 0 Å². The molecule has 0 N–H and O–H groups in total. The van der Waals surface area contributed by atoms with Crippen molar-refractivity contribution in [1.29, 1.82) is 0 Å². The van der Waals surface area contributed by atoms with Crippen molar-refractivity contribution in [1.82, 2.24) is 0 Å². The zero-order valence-corrected chi connectivity index (χ0v) is 10.4. The van der Waals surface area contributed by atoms with Gasteiger partial charge in [0.1, 0.15) is 0 Å². The fourth-order valence-corrected chi connectivity index (χ4v) is 2.12. The Kier molecular flexibility index (Phi) is 3.77. The Balaban J connectivity index is 2.60. The maximum absolute atomic E-state index is 3.11. The van der Waals surface area contributed by atoms with E-state index in [4.69, 9.17) is 0 Å². The Morgan fingerprint density at radius 3 is 2.29 bits per heavy atom. The molecule has 0 heterocycles. The quantitative estimate of drug-likeness (QED) is 0.656. The SMILES string of the molecule is C[C-]=Cc1ccccc1-c1ccccc1CC. The summed E-state index contributed by atoms with van der Waals surface area (Å²) in [5, 5.41) is 0. The molecular weight excluding hydrogens is 204 g/mol. The molecule has 0 aromatic heterocycles. The molecule has 2 aromatic carbocycles. The molecule has 0 unspecified atom stereocenters. The fourth-order valence-electron chi connectivity index (χ4n) is 2.12. The summed E-state index contributed by atoms with van der Waals surface area (Å²) in [5.74, 6) is 0. The molecule has 0 saturated carbocycles. The first-order chi connectivity index (χ1) is 8.36. The van der Waals surface area contributed by atoms with Crippen molar-refractivity contribution < 1.29 is 0 Å². The average molecular weight is 221 g/mol. The van der Waals surface area contributed by atoms with Crippen LogP contribution in [-0.4, -0.2) is 0 Å². The standard InChI is InChI=1S/C17H17/c1-3-9-15-11-6-8-13-17(15)16-12-7-5-10-14(16)4-2/h5-13H,4H2,1-2H3/q-1. The molecule has 0 nitrogen and oxygen atoms in total. The molecule has 0 atom stereocenters. The lowest BCUT2D eigenvalue weighted by Gasteiger charge is -2.16. The highest BCUT2D eigenvalue weighted by Crippen LogP contribution is 2.28. The summed E-state index contributed by atoms with van der Waals surface area (Å²) in [7, 11) is 0. The third-order valence-corrected chi connectivity index (χ3v) is 2.95. The molecule has 2 aromatic rings. The predicted molar refractivity (Wildman–Crippen MR) is 74.6 cm³/mol. The van der Waals surface area contributed by atoms with Crippen LogP contribution in [0.2, 0.25) is 0 Å². The number of allylic oxidation sites excluding steroid dienone is 1. The second-order valence-corrected chi connectivity index (χ2v) is 4.03. The first-order valence-corrected chi connectivity index (χ1v) is 6.04. The third-order valence-electron chi connectivity index (χ3n) is 2.95. The largest absolute Gasteiger partial charge is 0.278 e. The molecule has 86 valence electrons. The van der Waals surface area contributed by atoms with Crippen molar-refractivity contribution in [2.45, 2.75) is 20.3 Å². The summed E-state index contributed by atoms with van der Waals surface area (Å²) in [5.41, 5.74) is 5.25. The van der Waals surface area contributed by atoms with Gasteiger partial charge in [-0.1, -0.05) is 55.0 Å². The first kappa shape index (κ1) is 11.7. The number of benzene rings is 2. The number of rotatable bonds is 3. The van der Waals surface area contributed by atoms with Crippen LogP contribution >= 0.6 is 0 Å². The normalized spacial score (nSPS) is 10.9. The highest BCUT2D eigenvalue weighted by molar-refractivity contribution is 5.76. The van der Waals surface area contributed by atoms with Crippen LogP contribution in [-0.2, 0) is 6.42 Å². The Morgan fingerprint density at radius 2 is 1.59 bits per heavy atom. The lowest BCUT2D eigenvalue weighted by molar-refractivity contribution is 1.14. The van der Waals surface area contributed by atoms with Gasteiger partial charge in [-0.25, -0.2) is 6.08 Å². The summed E-state index contributed by atoms with van der Waals surface area (Å²) in [6, 6.07) is 17.1. The van der Waals surface area contributed by atoms with E-state index < -0.39 is 0 Å². The molecule has 2 rings (SSSR count). The summed E-state index contributed by atoms with van der Waals surface area (Å²) >= 11 is 0. The molecule has 0 bridgehead atoms. The maximum atomic E-state index is 3.11.